The van der Waals surface area contributed by atoms with Crippen molar-refractivity contribution in [2.45, 2.75) is 6.92 Å². The van der Waals surface area contributed by atoms with Gasteiger partial charge < -0.3 is 5.73 Å². The van der Waals surface area contributed by atoms with Gasteiger partial charge in [0.2, 0.25) is 0 Å². The summed E-state index contributed by atoms with van der Waals surface area (Å²) in [6.45, 7) is 6.55. The molecular weight excluding hydrogens is 233 g/mol. The van der Waals surface area contributed by atoms with Crippen LogP contribution in [0.3, 0.4) is 0 Å². The van der Waals surface area contributed by atoms with Crippen molar-refractivity contribution in [2.75, 3.05) is 19.1 Å². The molecule has 1 nitrogen and oxygen atoms in total. The Balaban J connectivity index is 3.33. The zero-order chi connectivity index (χ0) is 9.30. The first kappa shape index (κ1) is 10.0. The zero-order valence-corrected chi connectivity index (χ0v) is 10.0. The summed E-state index contributed by atoms with van der Waals surface area (Å²) in [5, 5.41) is 1.32. The summed E-state index contributed by atoms with van der Waals surface area (Å²) in [4.78, 5) is 0. The van der Waals surface area contributed by atoms with Crippen LogP contribution in [0.2, 0.25) is 0 Å². The molecule has 1 rings (SSSR count). The van der Waals surface area contributed by atoms with Crippen LogP contribution in [0.4, 0.5) is 5.69 Å². The highest BCUT2D eigenvalue weighted by atomic mass is 79.9. The molecule has 1 aromatic rings. The van der Waals surface area contributed by atoms with Crippen LogP contribution in [-0.2, 0) is 0 Å². The van der Waals surface area contributed by atoms with Crippen molar-refractivity contribution in [3.63, 3.8) is 0 Å². The van der Waals surface area contributed by atoms with Gasteiger partial charge in [-0.25, -0.2) is 0 Å². The molecule has 0 fully saturated rings. The van der Waals surface area contributed by atoms with Crippen molar-refractivity contribution >= 4 is 34.8 Å². The van der Waals surface area contributed by atoms with E-state index in [2.05, 4.69) is 36.2 Å². The number of hydrogen-bond donors (Lipinski definition) is 1. The molecule has 0 aliphatic carbocycles. The highest BCUT2D eigenvalue weighted by Crippen LogP contribution is 2.31. The highest BCUT2D eigenvalue weighted by Gasteiger charge is 2.08. The number of benzene rings is 1. The van der Waals surface area contributed by atoms with Crippen molar-refractivity contribution < 1.29 is 0 Å². The number of nitrogens with two attached hydrogens (primary N) is 1. The summed E-state index contributed by atoms with van der Waals surface area (Å²) in [5.41, 5.74) is 8.09. The molecule has 2 N–H and O–H groups in total. The summed E-state index contributed by atoms with van der Waals surface area (Å²) in [6, 6.07) is 3.97. The SMILES string of the molecule is Cc1c(Br)ccc(N)c1P(C)C. The Morgan fingerprint density at radius 1 is 1.33 bits per heavy atom. The van der Waals surface area contributed by atoms with Gasteiger partial charge in [-0.05, 0) is 37.9 Å². The van der Waals surface area contributed by atoms with Crippen molar-refractivity contribution in [2.24, 2.45) is 0 Å². The largest absolute Gasteiger partial charge is 0.398 e. The third-order valence-electron chi connectivity index (χ3n) is 1.84. The normalized spacial score (nSPS) is 10.8. The van der Waals surface area contributed by atoms with E-state index in [0.29, 0.717) is 0 Å². The second kappa shape index (κ2) is 3.76. The molecule has 0 unspecified atom stereocenters. The molecule has 0 saturated heterocycles. The first-order valence-electron chi connectivity index (χ1n) is 3.76. The third kappa shape index (κ3) is 1.81. The highest BCUT2D eigenvalue weighted by molar-refractivity contribution is 9.10. The first-order chi connectivity index (χ1) is 5.54. The quantitative estimate of drug-likeness (QED) is 0.598. The minimum Gasteiger partial charge on any atom is -0.398 e. The van der Waals surface area contributed by atoms with Crippen molar-refractivity contribution in [1.82, 2.24) is 0 Å². The van der Waals surface area contributed by atoms with Crippen molar-refractivity contribution in [3.05, 3.63) is 22.2 Å². The summed E-state index contributed by atoms with van der Waals surface area (Å²) in [7, 11) is -0.108. The van der Waals surface area contributed by atoms with E-state index in [1.54, 1.807) is 0 Å². The van der Waals surface area contributed by atoms with Gasteiger partial charge >= 0.3 is 0 Å². The van der Waals surface area contributed by atoms with Gasteiger partial charge in [0, 0.05) is 15.5 Å². The van der Waals surface area contributed by atoms with E-state index in [4.69, 9.17) is 5.73 Å². The topological polar surface area (TPSA) is 26.0 Å². The van der Waals surface area contributed by atoms with Gasteiger partial charge in [0.1, 0.15) is 0 Å². The summed E-state index contributed by atoms with van der Waals surface area (Å²) in [5.74, 6) is 0. The molecule has 66 valence electrons. The third-order valence-corrected chi connectivity index (χ3v) is 4.19. The standard InChI is InChI=1S/C9H13BrNP/c1-6-7(10)4-5-8(11)9(6)12(2)3/h4-5H,11H2,1-3H3. The van der Waals surface area contributed by atoms with Gasteiger partial charge in [0.25, 0.3) is 0 Å². The van der Waals surface area contributed by atoms with Gasteiger partial charge in [0.15, 0.2) is 0 Å². The minimum absolute atomic E-state index is 0.108. The molecular formula is C9H13BrNP. The van der Waals surface area contributed by atoms with Gasteiger partial charge in [-0.3, -0.25) is 0 Å². The molecule has 0 heterocycles. The smallest absolute Gasteiger partial charge is 0.0395 e. The maximum atomic E-state index is 5.89. The molecule has 0 radical (unpaired) electrons. The summed E-state index contributed by atoms with van der Waals surface area (Å²) < 4.78 is 1.16. The Morgan fingerprint density at radius 3 is 2.33 bits per heavy atom. The fourth-order valence-corrected chi connectivity index (χ4v) is 3.16. The van der Waals surface area contributed by atoms with Crippen LogP contribution in [0.25, 0.3) is 0 Å². The molecule has 0 aromatic heterocycles. The summed E-state index contributed by atoms with van der Waals surface area (Å²) in [6.07, 6.45) is 0. The van der Waals surface area contributed by atoms with Crippen LogP contribution in [0, 0.1) is 6.92 Å². The molecule has 0 atom stereocenters. The van der Waals surface area contributed by atoms with Crippen LogP contribution in [0.15, 0.2) is 16.6 Å². The molecule has 0 aliphatic heterocycles. The lowest BCUT2D eigenvalue weighted by Crippen LogP contribution is -2.11. The zero-order valence-electron chi connectivity index (χ0n) is 7.56. The molecule has 0 aliphatic rings. The van der Waals surface area contributed by atoms with Crippen molar-refractivity contribution in [3.8, 4) is 0 Å². The van der Waals surface area contributed by atoms with Crippen LogP contribution >= 0.6 is 23.9 Å². The number of halogens is 1. The van der Waals surface area contributed by atoms with E-state index < -0.39 is 0 Å². The average molecular weight is 246 g/mol. The Hall–Kier alpha value is -0.0700. The lowest BCUT2D eigenvalue weighted by atomic mass is 10.2. The molecule has 0 amide bonds. The Morgan fingerprint density at radius 2 is 1.92 bits per heavy atom. The van der Waals surface area contributed by atoms with E-state index in [-0.39, 0.29) is 7.92 Å². The van der Waals surface area contributed by atoms with E-state index in [1.807, 2.05) is 12.1 Å². The van der Waals surface area contributed by atoms with E-state index >= 15 is 0 Å². The van der Waals surface area contributed by atoms with Crippen LogP contribution in [-0.4, -0.2) is 13.3 Å². The lowest BCUT2D eigenvalue weighted by Gasteiger charge is -2.14. The molecule has 0 spiro atoms. The predicted octanol–water partition coefficient (Wildman–Crippen LogP) is 2.71. The maximum absolute atomic E-state index is 5.89. The van der Waals surface area contributed by atoms with Gasteiger partial charge in [-0.15, -0.1) is 0 Å². The number of nitrogen functional groups attached to an aromatic ring is 1. The van der Waals surface area contributed by atoms with Crippen LogP contribution < -0.4 is 11.0 Å². The van der Waals surface area contributed by atoms with Crippen molar-refractivity contribution in [1.29, 1.82) is 0 Å². The second-order valence-corrected chi connectivity index (χ2v) is 6.10. The minimum atomic E-state index is -0.108. The molecule has 1 aromatic carbocycles. The first-order valence-corrected chi connectivity index (χ1v) is 6.79. The van der Waals surface area contributed by atoms with E-state index in [1.165, 1.54) is 10.9 Å². The average Bonchev–Trinajstić information content (AvgIpc) is 1.97. The fourth-order valence-electron chi connectivity index (χ4n) is 1.29. The Bertz CT molecular complexity index is 297. The molecule has 0 bridgehead atoms. The Kier molecular flexibility index (Phi) is 3.14. The maximum Gasteiger partial charge on any atom is 0.0395 e. The second-order valence-electron chi connectivity index (χ2n) is 3.00. The molecule has 3 heteroatoms. The van der Waals surface area contributed by atoms with E-state index in [0.717, 1.165) is 10.2 Å². The fraction of sp³-hybridized carbons (Fsp3) is 0.333. The number of anilines is 1. The number of rotatable bonds is 1. The Labute approximate surface area is 83.2 Å². The molecule has 0 saturated carbocycles. The monoisotopic (exact) mass is 245 g/mol. The van der Waals surface area contributed by atoms with Crippen LogP contribution in [0.5, 0.6) is 0 Å². The van der Waals surface area contributed by atoms with Gasteiger partial charge in [-0.1, -0.05) is 23.9 Å². The van der Waals surface area contributed by atoms with Gasteiger partial charge in [-0.2, -0.15) is 0 Å². The number of hydrogen-bond acceptors (Lipinski definition) is 1. The van der Waals surface area contributed by atoms with E-state index in [9.17, 15) is 0 Å². The lowest BCUT2D eigenvalue weighted by molar-refractivity contribution is 1.47. The molecule has 12 heavy (non-hydrogen) atoms. The summed E-state index contributed by atoms with van der Waals surface area (Å²) >= 11 is 3.50. The van der Waals surface area contributed by atoms with Crippen LogP contribution in [0.1, 0.15) is 5.56 Å². The predicted molar refractivity (Wildman–Crippen MR) is 61.7 cm³/mol. The van der Waals surface area contributed by atoms with Gasteiger partial charge in [0.05, 0.1) is 0 Å².